The Morgan fingerprint density at radius 1 is 1.11 bits per heavy atom. The van der Waals surface area contributed by atoms with Gasteiger partial charge >= 0.3 is 0 Å². The molecule has 1 aromatic heterocycles. The maximum Gasteiger partial charge on any atom is 0.192 e. The van der Waals surface area contributed by atoms with Crippen LogP contribution < -0.4 is 5.43 Å². The van der Waals surface area contributed by atoms with E-state index in [0.29, 0.717) is 18.9 Å². The summed E-state index contributed by atoms with van der Waals surface area (Å²) in [5.74, 6) is -1.88. The summed E-state index contributed by atoms with van der Waals surface area (Å²) in [7, 11) is -3.63. The van der Waals surface area contributed by atoms with Crippen molar-refractivity contribution in [2.24, 2.45) is 0 Å². The molecule has 5 nitrogen and oxygen atoms in total. The average Bonchev–Trinajstić information content (AvgIpc) is 3.45. The van der Waals surface area contributed by atoms with Crippen LogP contribution in [0.4, 0.5) is 8.78 Å². The topological polar surface area (TPSA) is 90.8 Å². The Hall–Kier alpha value is -3.05. The van der Waals surface area contributed by atoms with E-state index < -0.39 is 32.2 Å². The van der Waals surface area contributed by atoms with Crippen LogP contribution in [-0.2, 0) is 9.84 Å². The van der Waals surface area contributed by atoms with Crippen LogP contribution in [0.5, 0.6) is 0 Å². The molecule has 1 aliphatic carbocycles. The number of nitriles is 1. The number of sulfone groups is 1. The summed E-state index contributed by atoms with van der Waals surface area (Å²) in [5, 5.41) is 8.34. The van der Waals surface area contributed by atoms with Crippen LogP contribution in [-0.4, -0.2) is 18.7 Å². The second kappa shape index (κ2) is 5.99. The van der Waals surface area contributed by atoms with Gasteiger partial charge in [-0.05, 0) is 37.1 Å². The summed E-state index contributed by atoms with van der Waals surface area (Å²) in [6, 6.07) is 8.62. The molecule has 0 amide bonds. The smallest absolute Gasteiger partial charge is 0.192 e. The molecule has 0 radical (unpaired) electrons. The number of benzene rings is 2. The van der Waals surface area contributed by atoms with Crippen molar-refractivity contribution >= 4 is 20.7 Å². The Kier molecular flexibility index (Phi) is 3.86. The van der Waals surface area contributed by atoms with E-state index >= 15 is 0 Å². The Labute approximate surface area is 152 Å². The minimum Gasteiger partial charge on any atom is -0.354 e. The number of halogens is 2. The van der Waals surface area contributed by atoms with Gasteiger partial charge in [0.15, 0.2) is 15.3 Å². The van der Waals surface area contributed by atoms with Gasteiger partial charge in [0.25, 0.3) is 0 Å². The third-order valence-electron chi connectivity index (χ3n) is 4.51. The molecule has 0 saturated heterocycles. The van der Waals surface area contributed by atoms with E-state index in [0.717, 1.165) is 12.1 Å². The lowest BCUT2D eigenvalue weighted by Crippen LogP contribution is -2.11. The van der Waals surface area contributed by atoms with Crippen molar-refractivity contribution in [3.8, 4) is 17.3 Å². The van der Waals surface area contributed by atoms with Crippen LogP contribution in [0.25, 0.3) is 22.2 Å². The quantitative estimate of drug-likeness (QED) is 0.748. The number of aromatic amines is 1. The first-order valence-corrected chi connectivity index (χ1v) is 9.66. The lowest BCUT2D eigenvalue weighted by Gasteiger charge is -2.12. The number of hydrogen-bond acceptors (Lipinski definition) is 4. The van der Waals surface area contributed by atoms with Crippen LogP contribution >= 0.6 is 0 Å². The predicted octanol–water partition coefficient (Wildman–Crippen LogP) is 3.28. The lowest BCUT2D eigenvalue weighted by atomic mass is 10.1. The molecule has 1 saturated carbocycles. The second-order valence-electron chi connectivity index (χ2n) is 6.42. The van der Waals surface area contributed by atoms with Gasteiger partial charge in [0.05, 0.1) is 38.4 Å². The highest BCUT2D eigenvalue weighted by molar-refractivity contribution is 7.92. The minimum absolute atomic E-state index is 0.0177. The van der Waals surface area contributed by atoms with E-state index in [4.69, 9.17) is 5.26 Å². The maximum atomic E-state index is 13.9. The Balaban J connectivity index is 2.04. The average molecular weight is 386 g/mol. The first kappa shape index (κ1) is 17.4. The summed E-state index contributed by atoms with van der Waals surface area (Å²) in [6.07, 6.45) is 1.10. The van der Waals surface area contributed by atoms with Gasteiger partial charge in [0.2, 0.25) is 0 Å². The van der Waals surface area contributed by atoms with Gasteiger partial charge < -0.3 is 4.98 Å². The largest absolute Gasteiger partial charge is 0.354 e. The fourth-order valence-corrected chi connectivity index (χ4v) is 4.92. The van der Waals surface area contributed by atoms with Crippen molar-refractivity contribution in [2.75, 3.05) is 0 Å². The molecule has 136 valence electrons. The maximum absolute atomic E-state index is 13.9. The Bertz CT molecular complexity index is 1300. The molecule has 1 fully saturated rings. The van der Waals surface area contributed by atoms with Crippen molar-refractivity contribution < 1.29 is 17.2 Å². The summed E-state index contributed by atoms with van der Waals surface area (Å²) in [4.78, 5) is 15.1. The number of H-pyrrole nitrogens is 1. The van der Waals surface area contributed by atoms with Crippen LogP contribution in [0.3, 0.4) is 0 Å². The normalized spacial score (nSPS) is 14.3. The molecule has 1 aliphatic rings. The Morgan fingerprint density at radius 3 is 2.52 bits per heavy atom. The molecule has 0 bridgehead atoms. The van der Waals surface area contributed by atoms with Crippen molar-refractivity contribution in [3.63, 3.8) is 0 Å². The summed E-state index contributed by atoms with van der Waals surface area (Å²) >= 11 is 0. The number of fused-ring (bicyclic) bond motifs is 1. The zero-order valence-electron chi connectivity index (χ0n) is 13.8. The summed E-state index contributed by atoms with van der Waals surface area (Å²) < 4.78 is 53.0. The van der Waals surface area contributed by atoms with E-state index in [-0.39, 0.29) is 32.6 Å². The molecule has 1 N–H and O–H groups in total. The van der Waals surface area contributed by atoms with Crippen molar-refractivity contribution in [2.45, 2.75) is 23.0 Å². The van der Waals surface area contributed by atoms with E-state index in [9.17, 15) is 22.0 Å². The zero-order valence-corrected chi connectivity index (χ0v) is 14.6. The molecular weight excluding hydrogens is 374 g/mol. The molecule has 1 heterocycles. The zero-order chi connectivity index (χ0) is 19.3. The highest BCUT2D eigenvalue weighted by atomic mass is 32.2. The van der Waals surface area contributed by atoms with Gasteiger partial charge in [0, 0.05) is 17.7 Å². The number of nitrogens with zero attached hydrogens (tertiary/aromatic N) is 1. The molecule has 0 unspecified atom stereocenters. The molecule has 0 atom stereocenters. The highest BCUT2D eigenvalue weighted by Gasteiger charge is 2.38. The SMILES string of the molecule is N#Cc1ccc(S(=O)(=O)C2CC2)c(-c2cc(=O)c3c(F)cc(F)cc3[nH]2)c1. The van der Waals surface area contributed by atoms with E-state index in [1.165, 1.54) is 18.2 Å². The van der Waals surface area contributed by atoms with Crippen LogP contribution in [0.2, 0.25) is 0 Å². The molecule has 0 spiro atoms. The molecule has 0 aliphatic heterocycles. The van der Waals surface area contributed by atoms with Gasteiger partial charge in [-0.2, -0.15) is 5.26 Å². The van der Waals surface area contributed by atoms with Crippen LogP contribution in [0.15, 0.2) is 46.1 Å². The monoisotopic (exact) mass is 386 g/mol. The fourth-order valence-electron chi connectivity index (χ4n) is 3.07. The number of hydrogen-bond donors (Lipinski definition) is 1. The lowest BCUT2D eigenvalue weighted by molar-refractivity contribution is 0.590. The van der Waals surface area contributed by atoms with Gasteiger partial charge in [-0.25, -0.2) is 17.2 Å². The third kappa shape index (κ3) is 2.90. The molecule has 8 heteroatoms. The number of aromatic nitrogens is 1. The number of nitrogens with one attached hydrogen (secondary N) is 1. The summed E-state index contributed by atoms with van der Waals surface area (Å²) in [6.45, 7) is 0. The molecule has 27 heavy (non-hydrogen) atoms. The first-order valence-electron chi connectivity index (χ1n) is 8.12. The van der Waals surface area contributed by atoms with Crippen molar-refractivity contribution in [1.29, 1.82) is 5.26 Å². The number of rotatable bonds is 3. The molecule has 4 rings (SSSR count). The van der Waals surface area contributed by atoms with Gasteiger partial charge in [0.1, 0.15) is 11.6 Å². The third-order valence-corrected chi connectivity index (χ3v) is 6.83. The Morgan fingerprint density at radius 2 is 1.85 bits per heavy atom. The van der Waals surface area contributed by atoms with E-state index in [2.05, 4.69) is 4.98 Å². The van der Waals surface area contributed by atoms with Crippen molar-refractivity contribution in [3.05, 3.63) is 63.8 Å². The van der Waals surface area contributed by atoms with Crippen LogP contribution in [0.1, 0.15) is 18.4 Å². The molecule has 2 aromatic carbocycles. The fraction of sp³-hybridized carbons (Fsp3) is 0.158. The molecular formula is C19H12F2N2O3S. The standard InChI is InChI=1S/C19H12F2N2O3S/c20-11-6-14(21)19-16(7-11)23-15(8-17(19)24)13-5-10(9-22)1-4-18(13)27(25,26)12-2-3-12/h1,4-8,12H,2-3H2,(H,23,24). The van der Waals surface area contributed by atoms with Crippen molar-refractivity contribution in [1.82, 2.24) is 4.98 Å². The van der Waals surface area contributed by atoms with Gasteiger partial charge in [-0.15, -0.1) is 0 Å². The predicted molar refractivity (Wildman–Crippen MR) is 94.8 cm³/mol. The van der Waals surface area contributed by atoms with Crippen LogP contribution in [0, 0.1) is 23.0 Å². The highest BCUT2D eigenvalue weighted by Crippen LogP contribution is 2.38. The van der Waals surface area contributed by atoms with E-state index in [1.807, 2.05) is 6.07 Å². The second-order valence-corrected chi connectivity index (χ2v) is 8.62. The number of pyridine rings is 1. The summed E-state index contributed by atoms with van der Waals surface area (Å²) in [5.41, 5.74) is -0.398. The van der Waals surface area contributed by atoms with Gasteiger partial charge in [-0.3, -0.25) is 4.79 Å². The van der Waals surface area contributed by atoms with E-state index in [1.54, 1.807) is 0 Å². The first-order chi connectivity index (χ1) is 12.8. The molecule has 3 aromatic rings. The minimum atomic E-state index is -3.63. The van der Waals surface area contributed by atoms with Gasteiger partial charge in [-0.1, -0.05) is 0 Å².